The smallest absolute Gasteiger partial charge is 0.287 e. The topological polar surface area (TPSA) is 84.7 Å². The number of benzene rings is 1. The lowest BCUT2D eigenvalue weighted by Gasteiger charge is -2.04. The molecule has 3 aromatic rings. The summed E-state index contributed by atoms with van der Waals surface area (Å²) in [6, 6.07) is 11.1. The minimum absolute atomic E-state index is 0.139. The van der Waals surface area contributed by atoms with Crippen molar-refractivity contribution >= 4 is 17.3 Å². The van der Waals surface area contributed by atoms with Gasteiger partial charge in [0.1, 0.15) is 5.82 Å². The van der Waals surface area contributed by atoms with E-state index in [0.29, 0.717) is 25.1 Å². The van der Waals surface area contributed by atoms with E-state index in [2.05, 4.69) is 15.6 Å². The number of pyridine rings is 1. The molecule has 0 unspecified atom stereocenters. The molecule has 0 aliphatic rings. The Morgan fingerprint density at radius 2 is 1.89 bits per heavy atom. The van der Waals surface area contributed by atoms with Gasteiger partial charge < -0.3 is 15.4 Å². The van der Waals surface area contributed by atoms with Gasteiger partial charge in [0.25, 0.3) is 11.8 Å². The summed E-state index contributed by atoms with van der Waals surface area (Å²) in [7, 11) is 1.60. The molecule has 0 atom stereocenters. The highest BCUT2D eigenvalue weighted by molar-refractivity contribution is 6.02. The molecule has 2 amide bonds. The summed E-state index contributed by atoms with van der Waals surface area (Å²) in [5, 5.41) is 5.53. The maximum absolute atomic E-state index is 13.0. The third-order valence-electron chi connectivity index (χ3n) is 4.14. The fourth-order valence-corrected chi connectivity index (χ4v) is 2.73. The number of hydrogen-bond acceptors (Lipinski definition) is 4. The van der Waals surface area contributed by atoms with E-state index in [1.165, 1.54) is 12.1 Å². The van der Waals surface area contributed by atoms with Crippen molar-refractivity contribution < 1.29 is 18.7 Å². The van der Waals surface area contributed by atoms with Gasteiger partial charge in [0.15, 0.2) is 5.69 Å². The van der Waals surface area contributed by atoms with Gasteiger partial charge >= 0.3 is 0 Å². The number of amides is 2. The number of carbonyl (C=O) groups excluding carboxylic acids is 2. The van der Waals surface area contributed by atoms with Crippen LogP contribution in [0.5, 0.6) is 0 Å². The van der Waals surface area contributed by atoms with E-state index >= 15 is 0 Å². The van der Waals surface area contributed by atoms with Crippen molar-refractivity contribution in [2.45, 2.75) is 13.0 Å². The van der Waals surface area contributed by atoms with Gasteiger partial charge in [-0.25, -0.2) is 9.37 Å². The molecular formula is C20H21FN4O3. The quantitative estimate of drug-likeness (QED) is 0.583. The Bertz CT molecular complexity index is 969. The standard InChI is InChI=1S/C20H21FN4O3/c1-28-12-4-10-22-20(27)18-24-17(16-5-2-3-11-25(16)18)19(26)23-13-14-6-8-15(21)9-7-14/h2-3,5-9,11H,4,10,12-13H2,1H3,(H,22,27)(H,23,26). The molecule has 0 bridgehead atoms. The van der Waals surface area contributed by atoms with E-state index in [0.717, 1.165) is 5.56 Å². The molecule has 28 heavy (non-hydrogen) atoms. The first-order valence-electron chi connectivity index (χ1n) is 8.87. The van der Waals surface area contributed by atoms with Crippen LogP contribution >= 0.6 is 0 Å². The predicted octanol–water partition coefficient (Wildman–Crippen LogP) is 2.17. The van der Waals surface area contributed by atoms with E-state index < -0.39 is 5.91 Å². The number of aromatic nitrogens is 2. The Morgan fingerprint density at radius 1 is 1.11 bits per heavy atom. The van der Waals surface area contributed by atoms with Crippen LogP contribution in [0.15, 0.2) is 48.7 Å². The molecule has 1 aromatic carbocycles. The van der Waals surface area contributed by atoms with E-state index in [1.807, 2.05) is 0 Å². The number of imidazole rings is 1. The number of fused-ring (bicyclic) bond motifs is 1. The Labute approximate surface area is 161 Å². The van der Waals surface area contributed by atoms with Gasteiger partial charge in [0, 0.05) is 33.0 Å². The zero-order chi connectivity index (χ0) is 19.9. The number of carbonyl (C=O) groups is 2. The molecule has 2 aromatic heterocycles. The Hall–Kier alpha value is -3.26. The van der Waals surface area contributed by atoms with E-state index in [9.17, 15) is 14.0 Å². The van der Waals surface area contributed by atoms with Gasteiger partial charge in [-0.15, -0.1) is 0 Å². The van der Waals surface area contributed by atoms with Crippen LogP contribution in [0.4, 0.5) is 4.39 Å². The van der Waals surface area contributed by atoms with E-state index in [1.54, 1.807) is 48.0 Å². The lowest BCUT2D eigenvalue weighted by Crippen LogP contribution is -2.27. The van der Waals surface area contributed by atoms with Crippen LogP contribution in [-0.4, -0.2) is 41.5 Å². The summed E-state index contributed by atoms with van der Waals surface area (Å²) in [6.45, 7) is 1.21. The molecule has 146 valence electrons. The SMILES string of the molecule is COCCCNC(=O)c1nc(C(=O)NCc2ccc(F)cc2)c2ccccn12. The summed E-state index contributed by atoms with van der Waals surface area (Å²) in [6.07, 6.45) is 2.36. The summed E-state index contributed by atoms with van der Waals surface area (Å²) >= 11 is 0. The van der Waals surface area contributed by atoms with Crippen LogP contribution in [0.1, 0.15) is 33.1 Å². The molecule has 0 saturated carbocycles. The second-order valence-electron chi connectivity index (χ2n) is 6.15. The summed E-state index contributed by atoms with van der Waals surface area (Å²) in [4.78, 5) is 29.4. The van der Waals surface area contributed by atoms with Crippen molar-refractivity contribution in [2.24, 2.45) is 0 Å². The lowest BCUT2D eigenvalue weighted by molar-refractivity contribution is 0.0937. The van der Waals surface area contributed by atoms with Gasteiger partial charge in [0.2, 0.25) is 5.82 Å². The molecule has 0 radical (unpaired) electrons. The van der Waals surface area contributed by atoms with Gasteiger partial charge in [-0.2, -0.15) is 0 Å². The molecule has 7 nitrogen and oxygen atoms in total. The fourth-order valence-electron chi connectivity index (χ4n) is 2.73. The molecule has 0 aliphatic carbocycles. The van der Waals surface area contributed by atoms with Gasteiger partial charge in [-0.3, -0.25) is 14.0 Å². The number of halogens is 1. The highest BCUT2D eigenvalue weighted by Crippen LogP contribution is 2.14. The minimum atomic E-state index is -0.411. The number of ether oxygens (including phenoxy) is 1. The molecule has 0 spiro atoms. The largest absolute Gasteiger partial charge is 0.385 e. The number of methoxy groups -OCH3 is 1. The van der Waals surface area contributed by atoms with Gasteiger partial charge in [-0.1, -0.05) is 18.2 Å². The first-order valence-corrected chi connectivity index (χ1v) is 8.87. The number of nitrogens with zero attached hydrogens (tertiary/aromatic N) is 2. The van der Waals surface area contributed by atoms with Crippen molar-refractivity contribution in [1.29, 1.82) is 0 Å². The summed E-state index contributed by atoms with van der Waals surface area (Å²) < 4.78 is 19.5. The lowest BCUT2D eigenvalue weighted by atomic mass is 10.2. The molecule has 0 fully saturated rings. The molecule has 8 heteroatoms. The fraction of sp³-hybridized carbons (Fsp3) is 0.250. The average Bonchev–Trinajstić information content (AvgIpc) is 3.10. The zero-order valence-corrected chi connectivity index (χ0v) is 15.4. The average molecular weight is 384 g/mol. The van der Waals surface area contributed by atoms with Crippen LogP contribution in [0.2, 0.25) is 0 Å². The zero-order valence-electron chi connectivity index (χ0n) is 15.4. The Kier molecular flexibility index (Phi) is 6.33. The third-order valence-corrected chi connectivity index (χ3v) is 4.14. The molecule has 2 N–H and O–H groups in total. The molecule has 0 aliphatic heterocycles. The highest BCUT2D eigenvalue weighted by Gasteiger charge is 2.21. The highest BCUT2D eigenvalue weighted by atomic mass is 19.1. The summed E-state index contributed by atoms with van der Waals surface area (Å²) in [5.41, 5.74) is 1.44. The number of hydrogen-bond donors (Lipinski definition) is 2. The molecule has 2 heterocycles. The number of nitrogens with one attached hydrogen (secondary N) is 2. The minimum Gasteiger partial charge on any atom is -0.385 e. The van der Waals surface area contributed by atoms with Crippen LogP contribution in [0.3, 0.4) is 0 Å². The maximum atomic E-state index is 13.0. The molecule has 0 saturated heterocycles. The monoisotopic (exact) mass is 384 g/mol. The Balaban J connectivity index is 1.76. The second-order valence-corrected chi connectivity index (χ2v) is 6.15. The van der Waals surface area contributed by atoms with Crippen molar-refractivity contribution in [1.82, 2.24) is 20.0 Å². The van der Waals surface area contributed by atoms with Crippen LogP contribution in [0, 0.1) is 5.82 Å². The van der Waals surface area contributed by atoms with Crippen LogP contribution in [-0.2, 0) is 11.3 Å². The normalized spacial score (nSPS) is 10.8. The second kappa shape index (κ2) is 9.09. The first kappa shape index (κ1) is 19.5. The Morgan fingerprint density at radius 3 is 2.64 bits per heavy atom. The van der Waals surface area contributed by atoms with Crippen LogP contribution in [0.25, 0.3) is 5.52 Å². The van der Waals surface area contributed by atoms with Crippen molar-refractivity contribution in [3.8, 4) is 0 Å². The van der Waals surface area contributed by atoms with Crippen molar-refractivity contribution in [3.63, 3.8) is 0 Å². The maximum Gasteiger partial charge on any atom is 0.287 e. The number of rotatable bonds is 8. The van der Waals surface area contributed by atoms with E-state index in [4.69, 9.17) is 4.74 Å². The van der Waals surface area contributed by atoms with Gasteiger partial charge in [-0.05, 0) is 36.2 Å². The molecule has 3 rings (SSSR count). The molecular weight excluding hydrogens is 363 g/mol. The summed E-state index contributed by atoms with van der Waals surface area (Å²) in [5.74, 6) is -0.974. The van der Waals surface area contributed by atoms with Crippen molar-refractivity contribution in [3.05, 3.63) is 71.6 Å². The predicted molar refractivity (Wildman–Crippen MR) is 102 cm³/mol. The van der Waals surface area contributed by atoms with Crippen LogP contribution < -0.4 is 10.6 Å². The third kappa shape index (κ3) is 4.52. The van der Waals surface area contributed by atoms with Crippen molar-refractivity contribution in [2.75, 3.05) is 20.3 Å². The van der Waals surface area contributed by atoms with E-state index in [-0.39, 0.29) is 29.8 Å². The first-order chi connectivity index (χ1) is 13.6. The van der Waals surface area contributed by atoms with Gasteiger partial charge in [0.05, 0.1) is 5.52 Å².